The highest BCUT2D eigenvalue weighted by atomic mass is 15.2. The Morgan fingerprint density at radius 1 is 1.14 bits per heavy atom. The monoisotopic (exact) mass is 279 g/mol. The molecule has 0 aromatic carbocycles. The van der Waals surface area contributed by atoms with E-state index in [0.29, 0.717) is 0 Å². The van der Waals surface area contributed by atoms with Crippen LogP contribution in [0.4, 0.5) is 5.69 Å². The molecule has 0 saturated carbocycles. The zero-order chi connectivity index (χ0) is 14.2. The molecule has 5 heteroatoms. The van der Waals surface area contributed by atoms with E-state index in [1.807, 2.05) is 36.3 Å². The van der Waals surface area contributed by atoms with E-state index in [-0.39, 0.29) is 0 Å². The second-order valence-corrected chi connectivity index (χ2v) is 5.52. The molecule has 0 radical (unpaired) electrons. The fourth-order valence-electron chi connectivity index (χ4n) is 3.02. The van der Waals surface area contributed by atoms with Crippen LogP contribution < -0.4 is 4.90 Å². The van der Waals surface area contributed by atoms with Gasteiger partial charge in [-0.25, -0.2) is 4.98 Å². The molecule has 4 rings (SSSR count). The summed E-state index contributed by atoms with van der Waals surface area (Å²) in [6.07, 6.45) is 8.24. The summed E-state index contributed by atoms with van der Waals surface area (Å²) in [5.74, 6) is 0. The van der Waals surface area contributed by atoms with Gasteiger partial charge in [-0.15, -0.1) is 0 Å². The first-order valence-corrected chi connectivity index (χ1v) is 7.31. The summed E-state index contributed by atoms with van der Waals surface area (Å²) in [7, 11) is 2.01. The van der Waals surface area contributed by atoms with Gasteiger partial charge in [0.1, 0.15) is 5.65 Å². The summed E-state index contributed by atoms with van der Waals surface area (Å²) < 4.78 is 2.02. The number of hydrogen-bond acceptors (Lipinski definition) is 4. The molecule has 21 heavy (non-hydrogen) atoms. The molecular formula is C16H17N5. The molecule has 4 heterocycles. The summed E-state index contributed by atoms with van der Waals surface area (Å²) in [6, 6.07) is 6.24. The minimum Gasteiger partial charge on any atom is -0.370 e. The van der Waals surface area contributed by atoms with Gasteiger partial charge in [-0.1, -0.05) is 0 Å². The molecule has 5 nitrogen and oxygen atoms in total. The molecule has 0 amide bonds. The number of rotatable bonds is 2. The molecule has 1 aliphatic heterocycles. The summed E-state index contributed by atoms with van der Waals surface area (Å²) in [5, 5.41) is 9.65. The Kier molecular flexibility index (Phi) is 2.84. The number of pyridine rings is 1. The third-order valence-corrected chi connectivity index (χ3v) is 4.16. The number of aromatic nitrogens is 4. The molecule has 0 aliphatic carbocycles. The molecule has 106 valence electrons. The van der Waals surface area contributed by atoms with Crippen LogP contribution in [0.15, 0.2) is 36.8 Å². The van der Waals surface area contributed by atoms with Gasteiger partial charge in [0.2, 0.25) is 0 Å². The van der Waals surface area contributed by atoms with Gasteiger partial charge in [0.25, 0.3) is 0 Å². The Bertz CT molecular complexity index is 786. The van der Waals surface area contributed by atoms with Crippen molar-refractivity contribution in [2.24, 2.45) is 7.05 Å². The van der Waals surface area contributed by atoms with Crippen LogP contribution >= 0.6 is 0 Å². The van der Waals surface area contributed by atoms with Crippen LogP contribution in [0.25, 0.3) is 22.3 Å². The van der Waals surface area contributed by atoms with E-state index < -0.39 is 0 Å². The van der Waals surface area contributed by atoms with Crippen molar-refractivity contribution in [3.63, 3.8) is 0 Å². The predicted octanol–water partition coefficient (Wildman–Crippen LogP) is 2.63. The molecular weight excluding hydrogens is 262 g/mol. The summed E-state index contributed by atoms with van der Waals surface area (Å²) >= 11 is 0. The maximum Gasteiger partial charge on any atom is 0.140 e. The van der Waals surface area contributed by atoms with Gasteiger partial charge in [0.05, 0.1) is 17.6 Å². The van der Waals surface area contributed by atoms with Gasteiger partial charge in [-0.2, -0.15) is 10.2 Å². The van der Waals surface area contributed by atoms with E-state index in [4.69, 9.17) is 0 Å². The quantitative estimate of drug-likeness (QED) is 0.723. The smallest absolute Gasteiger partial charge is 0.140 e. The van der Waals surface area contributed by atoms with Crippen molar-refractivity contribution in [2.75, 3.05) is 18.0 Å². The molecule has 0 N–H and O–H groups in total. The normalized spacial score (nSPS) is 15.0. The van der Waals surface area contributed by atoms with Gasteiger partial charge in [0, 0.05) is 43.5 Å². The largest absolute Gasteiger partial charge is 0.370 e. The van der Waals surface area contributed by atoms with Crippen molar-refractivity contribution in [1.82, 2.24) is 19.7 Å². The van der Waals surface area contributed by atoms with E-state index in [2.05, 4.69) is 32.2 Å². The van der Waals surface area contributed by atoms with Gasteiger partial charge in [0.15, 0.2) is 0 Å². The molecule has 0 bridgehead atoms. The lowest BCUT2D eigenvalue weighted by atomic mass is 10.1. The van der Waals surface area contributed by atoms with Gasteiger partial charge >= 0.3 is 0 Å². The third kappa shape index (κ3) is 2.05. The first-order chi connectivity index (χ1) is 10.3. The molecule has 1 saturated heterocycles. The molecule has 1 fully saturated rings. The maximum atomic E-state index is 4.43. The Labute approximate surface area is 123 Å². The van der Waals surface area contributed by atoms with Crippen LogP contribution in [0.5, 0.6) is 0 Å². The van der Waals surface area contributed by atoms with Crippen molar-refractivity contribution >= 4 is 16.7 Å². The number of hydrogen-bond donors (Lipinski definition) is 0. The van der Waals surface area contributed by atoms with E-state index in [1.54, 1.807) is 0 Å². The first-order valence-electron chi connectivity index (χ1n) is 7.31. The van der Waals surface area contributed by atoms with Crippen molar-refractivity contribution in [2.45, 2.75) is 12.8 Å². The third-order valence-electron chi connectivity index (χ3n) is 4.16. The standard InChI is InChI=1S/C16H17N5/c1-20-9-5-14-13(4-6-17-16(14)20)15-10-12(11-18-19-15)21-7-2-3-8-21/h4-6,9-11H,2-3,7-8H2,1H3. The highest BCUT2D eigenvalue weighted by molar-refractivity contribution is 5.92. The van der Waals surface area contributed by atoms with E-state index in [1.165, 1.54) is 18.5 Å². The van der Waals surface area contributed by atoms with Gasteiger partial charge in [-0.05, 0) is 31.0 Å². The van der Waals surface area contributed by atoms with Crippen molar-refractivity contribution < 1.29 is 0 Å². The average molecular weight is 279 g/mol. The van der Waals surface area contributed by atoms with Crippen LogP contribution in [0.2, 0.25) is 0 Å². The second-order valence-electron chi connectivity index (χ2n) is 5.52. The SMILES string of the molecule is Cn1ccc2c(-c3cc(N4CCCC4)cnn3)ccnc21. The summed E-state index contributed by atoms with van der Waals surface area (Å²) in [6.45, 7) is 2.23. The topological polar surface area (TPSA) is 46.8 Å². The Morgan fingerprint density at radius 3 is 2.86 bits per heavy atom. The molecule has 0 atom stereocenters. The lowest BCUT2D eigenvalue weighted by molar-refractivity contribution is 0.939. The number of aryl methyl sites for hydroxylation is 1. The zero-order valence-electron chi connectivity index (χ0n) is 12.0. The van der Waals surface area contributed by atoms with Crippen LogP contribution in [-0.4, -0.2) is 32.8 Å². The summed E-state index contributed by atoms with van der Waals surface area (Å²) in [5.41, 5.74) is 4.14. The average Bonchev–Trinajstić information content (AvgIpc) is 3.18. The zero-order valence-corrected chi connectivity index (χ0v) is 12.0. The number of anilines is 1. The van der Waals surface area contributed by atoms with E-state index in [9.17, 15) is 0 Å². The lowest BCUT2D eigenvalue weighted by Gasteiger charge is -2.17. The van der Waals surface area contributed by atoms with Crippen molar-refractivity contribution in [3.8, 4) is 11.3 Å². The molecule has 3 aromatic rings. The van der Waals surface area contributed by atoms with Crippen molar-refractivity contribution in [1.29, 1.82) is 0 Å². The summed E-state index contributed by atoms with van der Waals surface area (Å²) in [4.78, 5) is 6.81. The minimum atomic E-state index is 0.915. The van der Waals surface area contributed by atoms with E-state index >= 15 is 0 Å². The molecule has 3 aromatic heterocycles. The van der Waals surface area contributed by atoms with Crippen LogP contribution in [0.3, 0.4) is 0 Å². The van der Waals surface area contributed by atoms with E-state index in [0.717, 1.165) is 35.4 Å². The molecule has 0 spiro atoms. The predicted molar refractivity (Wildman–Crippen MR) is 83.2 cm³/mol. The Balaban J connectivity index is 1.83. The van der Waals surface area contributed by atoms with Gasteiger partial charge in [-0.3, -0.25) is 0 Å². The first kappa shape index (κ1) is 12.3. The highest BCUT2D eigenvalue weighted by Crippen LogP contribution is 2.29. The fourth-order valence-corrected chi connectivity index (χ4v) is 3.02. The molecule has 0 unspecified atom stereocenters. The lowest BCUT2D eigenvalue weighted by Crippen LogP contribution is -2.17. The Morgan fingerprint density at radius 2 is 2.00 bits per heavy atom. The minimum absolute atomic E-state index is 0.915. The van der Waals surface area contributed by atoms with Crippen LogP contribution in [0.1, 0.15) is 12.8 Å². The highest BCUT2D eigenvalue weighted by Gasteiger charge is 2.15. The van der Waals surface area contributed by atoms with Crippen molar-refractivity contribution in [3.05, 3.63) is 36.8 Å². The van der Waals surface area contributed by atoms with Crippen LogP contribution in [-0.2, 0) is 7.05 Å². The number of fused-ring (bicyclic) bond motifs is 1. The fraction of sp³-hybridized carbons (Fsp3) is 0.312. The van der Waals surface area contributed by atoms with Crippen LogP contribution in [0, 0.1) is 0 Å². The maximum absolute atomic E-state index is 4.43. The number of nitrogens with zero attached hydrogens (tertiary/aromatic N) is 5. The second kappa shape index (κ2) is 4.84. The molecule has 1 aliphatic rings. The Hall–Kier alpha value is -2.43. The van der Waals surface area contributed by atoms with Gasteiger partial charge < -0.3 is 9.47 Å².